The van der Waals surface area contributed by atoms with Crippen molar-refractivity contribution in [3.8, 4) is 11.4 Å². The maximum Gasteiger partial charge on any atom is 0.338 e. The molecule has 6 heteroatoms. The van der Waals surface area contributed by atoms with E-state index in [1.807, 2.05) is 55.1 Å². The molecule has 1 aromatic heterocycles. The lowest BCUT2D eigenvalue weighted by molar-refractivity contribution is -0.119. The van der Waals surface area contributed by atoms with E-state index in [1.165, 1.54) is 7.11 Å². The minimum Gasteiger partial charge on any atom is -0.495 e. The first kappa shape index (κ1) is 19.2. The summed E-state index contributed by atoms with van der Waals surface area (Å²) in [6.45, 7) is 3.49. The summed E-state index contributed by atoms with van der Waals surface area (Å²) >= 11 is 0. The van der Waals surface area contributed by atoms with Gasteiger partial charge in [0, 0.05) is 18.1 Å². The Bertz CT molecular complexity index is 994. The zero-order valence-corrected chi connectivity index (χ0v) is 16.1. The summed E-state index contributed by atoms with van der Waals surface area (Å²) in [5, 5.41) is 2.71. The van der Waals surface area contributed by atoms with Crippen LogP contribution in [0.5, 0.6) is 5.75 Å². The third-order valence-corrected chi connectivity index (χ3v) is 4.29. The number of carbonyl (C=O) groups excluding carboxylic acids is 2. The average molecular weight is 378 g/mol. The second-order valence-electron chi connectivity index (χ2n) is 6.42. The van der Waals surface area contributed by atoms with Crippen LogP contribution in [0.2, 0.25) is 0 Å². The summed E-state index contributed by atoms with van der Waals surface area (Å²) in [5.41, 5.74) is 3.81. The zero-order chi connectivity index (χ0) is 20.1. The van der Waals surface area contributed by atoms with E-state index in [4.69, 9.17) is 9.47 Å². The number of aryl methyl sites for hydroxylation is 2. The van der Waals surface area contributed by atoms with Crippen LogP contribution in [-0.4, -0.2) is 30.2 Å². The minimum atomic E-state index is -0.556. The van der Waals surface area contributed by atoms with E-state index in [9.17, 15) is 9.59 Å². The molecule has 1 amide bonds. The number of carbonyl (C=O) groups is 2. The standard InChI is InChI=1S/C22H22N2O4/c1-15-6-9-20(27-3)18(12-15)23-21(25)14-28-22(26)17-8-7-16(2)19(13-17)24-10-4-5-11-24/h4-13H,14H2,1-3H3,(H,23,25). The van der Waals surface area contributed by atoms with Gasteiger partial charge >= 0.3 is 5.97 Å². The third kappa shape index (κ3) is 4.40. The van der Waals surface area contributed by atoms with Gasteiger partial charge in [-0.25, -0.2) is 4.79 Å². The van der Waals surface area contributed by atoms with E-state index in [-0.39, 0.29) is 6.61 Å². The Hall–Kier alpha value is -3.54. The molecular weight excluding hydrogens is 356 g/mol. The number of ether oxygens (including phenoxy) is 2. The normalized spacial score (nSPS) is 10.4. The second-order valence-corrected chi connectivity index (χ2v) is 6.42. The molecule has 28 heavy (non-hydrogen) atoms. The number of hydrogen-bond acceptors (Lipinski definition) is 4. The number of nitrogens with zero attached hydrogens (tertiary/aromatic N) is 1. The number of hydrogen-bond donors (Lipinski definition) is 1. The van der Waals surface area contributed by atoms with E-state index < -0.39 is 11.9 Å². The van der Waals surface area contributed by atoms with Crippen molar-refractivity contribution in [2.75, 3.05) is 19.0 Å². The van der Waals surface area contributed by atoms with Crippen molar-refractivity contribution in [2.45, 2.75) is 13.8 Å². The summed E-state index contributed by atoms with van der Waals surface area (Å²) in [6.07, 6.45) is 3.81. The van der Waals surface area contributed by atoms with E-state index in [0.717, 1.165) is 16.8 Å². The number of methoxy groups -OCH3 is 1. The SMILES string of the molecule is COc1ccc(C)cc1NC(=O)COC(=O)c1ccc(C)c(-n2cccc2)c1. The third-order valence-electron chi connectivity index (χ3n) is 4.29. The molecular formula is C22H22N2O4. The second kappa shape index (κ2) is 8.43. The van der Waals surface area contributed by atoms with E-state index >= 15 is 0 Å². The Morgan fingerprint density at radius 1 is 1.04 bits per heavy atom. The molecule has 0 aliphatic rings. The summed E-state index contributed by atoms with van der Waals surface area (Å²) < 4.78 is 12.3. The van der Waals surface area contributed by atoms with Crippen molar-refractivity contribution < 1.29 is 19.1 Å². The van der Waals surface area contributed by atoms with Crippen LogP contribution < -0.4 is 10.1 Å². The van der Waals surface area contributed by atoms with Crippen LogP contribution in [0.4, 0.5) is 5.69 Å². The molecule has 0 aliphatic heterocycles. The molecule has 144 valence electrons. The molecule has 1 N–H and O–H groups in total. The Kier molecular flexibility index (Phi) is 5.79. The smallest absolute Gasteiger partial charge is 0.338 e. The Balaban J connectivity index is 1.65. The van der Waals surface area contributed by atoms with Crippen LogP contribution in [0.1, 0.15) is 21.5 Å². The molecule has 6 nitrogen and oxygen atoms in total. The highest BCUT2D eigenvalue weighted by molar-refractivity contribution is 5.96. The van der Waals surface area contributed by atoms with Crippen molar-refractivity contribution in [3.05, 3.63) is 77.6 Å². The lowest BCUT2D eigenvalue weighted by atomic mass is 10.1. The quantitative estimate of drug-likeness (QED) is 0.661. The zero-order valence-electron chi connectivity index (χ0n) is 16.1. The van der Waals surface area contributed by atoms with Crippen molar-refractivity contribution >= 4 is 17.6 Å². The Morgan fingerprint density at radius 2 is 1.79 bits per heavy atom. The van der Waals surface area contributed by atoms with Crippen LogP contribution in [0.3, 0.4) is 0 Å². The molecule has 0 unspecified atom stereocenters. The van der Waals surface area contributed by atoms with Gasteiger partial charge in [0.1, 0.15) is 5.75 Å². The number of esters is 1. The van der Waals surface area contributed by atoms with E-state index in [2.05, 4.69) is 5.32 Å². The summed E-state index contributed by atoms with van der Waals surface area (Å²) in [7, 11) is 1.53. The lowest BCUT2D eigenvalue weighted by Crippen LogP contribution is -2.21. The molecule has 0 saturated heterocycles. The lowest BCUT2D eigenvalue weighted by Gasteiger charge is -2.12. The van der Waals surface area contributed by atoms with Crippen LogP contribution >= 0.6 is 0 Å². The van der Waals surface area contributed by atoms with Crippen LogP contribution in [-0.2, 0) is 9.53 Å². The summed E-state index contributed by atoms with van der Waals surface area (Å²) in [6, 6.07) is 14.6. The highest BCUT2D eigenvalue weighted by Crippen LogP contribution is 2.25. The van der Waals surface area contributed by atoms with E-state index in [0.29, 0.717) is 17.0 Å². The number of anilines is 1. The van der Waals surface area contributed by atoms with E-state index in [1.54, 1.807) is 24.3 Å². The highest BCUT2D eigenvalue weighted by Gasteiger charge is 2.14. The average Bonchev–Trinajstić information content (AvgIpc) is 3.21. The highest BCUT2D eigenvalue weighted by atomic mass is 16.5. The molecule has 2 aromatic carbocycles. The molecule has 0 aliphatic carbocycles. The van der Waals surface area contributed by atoms with Gasteiger partial charge in [-0.3, -0.25) is 4.79 Å². The van der Waals surface area contributed by atoms with Gasteiger partial charge in [0.25, 0.3) is 5.91 Å². The topological polar surface area (TPSA) is 69.6 Å². The van der Waals surface area contributed by atoms with Gasteiger partial charge < -0.3 is 19.4 Å². The number of rotatable bonds is 6. The van der Waals surface area contributed by atoms with Gasteiger partial charge in [0.2, 0.25) is 0 Å². The first-order valence-electron chi connectivity index (χ1n) is 8.83. The molecule has 3 rings (SSSR count). The predicted molar refractivity (Wildman–Crippen MR) is 107 cm³/mol. The fourth-order valence-corrected chi connectivity index (χ4v) is 2.83. The van der Waals surface area contributed by atoms with Crippen molar-refractivity contribution in [3.63, 3.8) is 0 Å². The van der Waals surface area contributed by atoms with Gasteiger partial charge in [0.15, 0.2) is 6.61 Å². The van der Waals surface area contributed by atoms with Crippen LogP contribution in [0.15, 0.2) is 60.9 Å². The van der Waals surface area contributed by atoms with Crippen molar-refractivity contribution in [2.24, 2.45) is 0 Å². The molecule has 0 radical (unpaired) electrons. The Morgan fingerprint density at radius 3 is 2.50 bits per heavy atom. The summed E-state index contributed by atoms with van der Waals surface area (Å²) in [5.74, 6) is -0.449. The molecule has 0 atom stereocenters. The summed E-state index contributed by atoms with van der Waals surface area (Å²) in [4.78, 5) is 24.6. The number of benzene rings is 2. The van der Waals surface area contributed by atoms with Gasteiger partial charge in [0.05, 0.1) is 18.4 Å². The first-order valence-corrected chi connectivity index (χ1v) is 8.83. The Labute approximate surface area is 163 Å². The monoisotopic (exact) mass is 378 g/mol. The van der Waals surface area contributed by atoms with Gasteiger partial charge in [-0.05, 0) is 61.4 Å². The predicted octanol–water partition coefficient (Wildman–Crippen LogP) is 3.90. The minimum absolute atomic E-state index is 0.384. The maximum absolute atomic E-state index is 12.4. The molecule has 1 heterocycles. The van der Waals surface area contributed by atoms with Crippen LogP contribution in [0, 0.1) is 13.8 Å². The van der Waals surface area contributed by atoms with Gasteiger partial charge in [-0.1, -0.05) is 12.1 Å². The number of aromatic nitrogens is 1. The number of amides is 1. The van der Waals surface area contributed by atoms with Crippen molar-refractivity contribution in [1.82, 2.24) is 4.57 Å². The molecule has 0 spiro atoms. The van der Waals surface area contributed by atoms with Crippen LogP contribution in [0.25, 0.3) is 5.69 Å². The van der Waals surface area contributed by atoms with Gasteiger partial charge in [-0.2, -0.15) is 0 Å². The fourth-order valence-electron chi connectivity index (χ4n) is 2.83. The molecule has 0 bridgehead atoms. The largest absolute Gasteiger partial charge is 0.495 e. The first-order chi connectivity index (χ1) is 13.5. The van der Waals surface area contributed by atoms with Gasteiger partial charge in [-0.15, -0.1) is 0 Å². The molecule has 0 fully saturated rings. The fraction of sp³-hybridized carbons (Fsp3) is 0.182. The van der Waals surface area contributed by atoms with Crippen molar-refractivity contribution in [1.29, 1.82) is 0 Å². The molecule has 3 aromatic rings. The maximum atomic E-state index is 12.4. The molecule has 0 saturated carbocycles. The number of nitrogens with one attached hydrogen (secondary N) is 1.